The second kappa shape index (κ2) is 7.21. The predicted octanol–water partition coefficient (Wildman–Crippen LogP) is 4.21. The molecule has 0 saturated heterocycles. The molecule has 0 unspecified atom stereocenters. The van der Waals surface area contributed by atoms with Crippen molar-refractivity contribution in [3.05, 3.63) is 45.5 Å². The summed E-state index contributed by atoms with van der Waals surface area (Å²) in [5, 5.41) is 0.217. The average molecular weight is 475 g/mol. The summed E-state index contributed by atoms with van der Waals surface area (Å²) in [6.07, 6.45) is -0.736. The second-order valence-electron chi connectivity index (χ2n) is 6.87. The Bertz CT molecular complexity index is 1010. The summed E-state index contributed by atoms with van der Waals surface area (Å²) in [5.41, 5.74) is 0.218. The summed E-state index contributed by atoms with van der Waals surface area (Å²) in [7, 11) is 0. The molecule has 28 heavy (non-hydrogen) atoms. The van der Waals surface area contributed by atoms with Crippen LogP contribution in [-0.2, 0) is 19.1 Å². The fourth-order valence-corrected chi connectivity index (χ4v) is 5.48. The molecule has 0 amide bonds. The van der Waals surface area contributed by atoms with Gasteiger partial charge >= 0.3 is 171 Å². The van der Waals surface area contributed by atoms with Crippen molar-refractivity contribution in [1.82, 2.24) is 19.5 Å². The normalized spacial score (nSPS) is 14.2. The molecule has 4 rings (SSSR count). The molecule has 0 bridgehead atoms. The van der Waals surface area contributed by atoms with Crippen LogP contribution in [0, 0.1) is 0 Å². The Morgan fingerprint density at radius 1 is 1.25 bits per heavy atom. The molecular formula is C18H17ClF3N5Se. The summed E-state index contributed by atoms with van der Waals surface area (Å²) in [6, 6.07) is 3.77. The first kappa shape index (κ1) is 19.5. The van der Waals surface area contributed by atoms with Crippen LogP contribution in [0.15, 0.2) is 24.5 Å². The Labute approximate surface area is 170 Å². The van der Waals surface area contributed by atoms with Gasteiger partial charge in [0.1, 0.15) is 0 Å². The molecule has 0 saturated carbocycles. The number of imidazole rings is 1. The van der Waals surface area contributed by atoms with Crippen molar-refractivity contribution in [3.63, 3.8) is 0 Å². The van der Waals surface area contributed by atoms with Crippen LogP contribution in [0.25, 0.3) is 10.3 Å². The Morgan fingerprint density at radius 2 is 2.04 bits per heavy atom. The van der Waals surface area contributed by atoms with Gasteiger partial charge in [0.15, 0.2) is 0 Å². The fraction of sp³-hybridized carbons (Fsp3) is 0.389. The molecule has 0 atom stereocenters. The summed E-state index contributed by atoms with van der Waals surface area (Å²) in [4.78, 5) is 14.4. The van der Waals surface area contributed by atoms with Gasteiger partial charge in [-0.3, -0.25) is 0 Å². The SMILES string of the molecule is CC(C)n1cc(C(F)(F)F)nc1-c1ccc(CN2CCc3cnc(Cl)nc32)[se]1. The molecule has 0 radical (unpaired) electrons. The van der Waals surface area contributed by atoms with E-state index in [9.17, 15) is 13.2 Å². The van der Waals surface area contributed by atoms with Gasteiger partial charge in [-0.25, -0.2) is 0 Å². The first-order valence-electron chi connectivity index (χ1n) is 8.74. The number of nitrogens with zero attached hydrogens (tertiary/aromatic N) is 5. The van der Waals surface area contributed by atoms with E-state index in [4.69, 9.17) is 11.6 Å². The molecule has 148 valence electrons. The third kappa shape index (κ3) is 3.71. The maximum atomic E-state index is 13.1. The van der Waals surface area contributed by atoms with Gasteiger partial charge < -0.3 is 0 Å². The zero-order chi connectivity index (χ0) is 20.1. The molecule has 0 N–H and O–H groups in total. The van der Waals surface area contributed by atoms with E-state index in [-0.39, 0.29) is 25.8 Å². The minimum atomic E-state index is -4.45. The van der Waals surface area contributed by atoms with Crippen LogP contribution in [0.2, 0.25) is 5.28 Å². The molecule has 5 nitrogen and oxygen atoms in total. The zero-order valence-corrected chi connectivity index (χ0v) is 17.6. The van der Waals surface area contributed by atoms with Crippen LogP contribution in [0.3, 0.4) is 0 Å². The molecule has 0 spiro atoms. The number of anilines is 1. The molecule has 10 heteroatoms. The zero-order valence-electron chi connectivity index (χ0n) is 15.2. The van der Waals surface area contributed by atoms with Crippen LogP contribution >= 0.6 is 11.6 Å². The van der Waals surface area contributed by atoms with Crippen molar-refractivity contribution < 1.29 is 13.2 Å². The number of aromatic nitrogens is 4. The Balaban J connectivity index is 1.61. The summed E-state index contributed by atoms with van der Waals surface area (Å²) < 4.78 is 43.0. The topological polar surface area (TPSA) is 46.8 Å². The van der Waals surface area contributed by atoms with Crippen LogP contribution < -0.4 is 4.90 Å². The average Bonchev–Trinajstić information content (AvgIpc) is 3.32. The minimum absolute atomic E-state index is 0.0968. The standard InChI is InChI=1S/C18H17ClF3N5Se/c1-10(2)27-9-14(18(20,21)22)24-16(27)13-4-3-12(28-13)8-26-6-5-11-7-23-17(19)25-15(11)26/h3-4,7,9-10H,5-6,8H2,1-2H3. The molecule has 3 aromatic rings. The van der Waals surface area contributed by atoms with Crippen molar-refractivity contribution in [2.24, 2.45) is 0 Å². The van der Waals surface area contributed by atoms with E-state index in [1.165, 1.54) is 0 Å². The van der Waals surface area contributed by atoms with Gasteiger partial charge in [-0.05, 0) is 0 Å². The molecular weight excluding hydrogens is 458 g/mol. The van der Waals surface area contributed by atoms with E-state index in [1.54, 1.807) is 10.8 Å². The number of alkyl halides is 3. The first-order valence-corrected chi connectivity index (χ1v) is 10.8. The quantitative estimate of drug-likeness (QED) is 0.420. The van der Waals surface area contributed by atoms with Crippen LogP contribution in [-0.4, -0.2) is 40.6 Å². The molecule has 0 aromatic carbocycles. The number of hydrogen-bond donors (Lipinski definition) is 0. The van der Waals surface area contributed by atoms with Crippen LogP contribution in [0.1, 0.15) is 35.6 Å². The number of hydrogen-bond acceptors (Lipinski definition) is 4. The first-order chi connectivity index (χ1) is 13.2. The van der Waals surface area contributed by atoms with E-state index in [0.29, 0.717) is 12.4 Å². The van der Waals surface area contributed by atoms with Gasteiger partial charge in [-0.2, -0.15) is 0 Å². The molecule has 0 aliphatic carbocycles. The van der Waals surface area contributed by atoms with E-state index in [0.717, 1.165) is 39.4 Å². The summed E-state index contributed by atoms with van der Waals surface area (Å²) in [6.45, 7) is 5.21. The van der Waals surface area contributed by atoms with Gasteiger partial charge in [0, 0.05) is 0 Å². The van der Waals surface area contributed by atoms with Crippen molar-refractivity contribution in [2.45, 2.75) is 39.0 Å². The van der Waals surface area contributed by atoms with Gasteiger partial charge in [-0.15, -0.1) is 0 Å². The number of fused-ring (bicyclic) bond motifs is 1. The van der Waals surface area contributed by atoms with Crippen molar-refractivity contribution in [2.75, 3.05) is 11.4 Å². The number of rotatable bonds is 4. The van der Waals surface area contributed by atoms with Crippen LogP contribution in [0.4, 0.5) is 19.0 Å². The van der Waals surface area contributed by atoms with Gasteiger partial charge in [0.2, 0.25) is 0 Å². The van der Waals surface area contributed by atoms with E-state index in [2.05, 4.69) is 19.9 Å². The van der Waals surface area contributed by atoms with Crippen molar-refractivity contribution >= 4 is 31.9 Å². The second-order valence-corrected chi connectivity index (χ2v) is 9.66. The maximum absolute atomic E-state index is 13.1. The van der Waals surface area contributed by atoms with E-state index in [1.807, 2.05) is 26.0 Å². The van der Waals surface area contributed by atoms with Crippen molar-refractivity contribution in [1.29, 1.82) is 0 Å². The molecule has 1 aliphatic heterocycles. The van der Waals surface area contributed by atoms with E-state index < -0.39 is 11.9 Å². The number of halogens is 4. The van der Waals surface area contributed by atoms with Crippen LogP contribution in [0.5, 0.6) is 0 Å². The van der Waals surface area contributed by atoms with Crippen molar-refractivity contribution in [3.8, 4) is 10.3 Å². The molecule has 3 aromatic heterocycles. The summed E-state index contributed by atoms with van der Waals surface area (Å²) >= 11 is 5.83. The fourth-order valence-electron chi connectivity index (χ4n) is 3.22. The molecule has 4 heterocycles. The van der Waals surface area contributed by atoms with Gasteiger partial charge in [0.25, 0.3) is 0 Å². The Morgan fingerprint density at radius 3 is 2.75 bits per heavy atom. The Kier molecular flexibility index (Phi) is 5.01. The van der Waals surface area contributed by atoms with Gasteiger partial charge in [-0.1, -0.05) is 0 Å². The summed E-state index contributed by atoms with van der Waals surface area (Å²) in [5.74, 6) is 1.24. The predicted molar refractivity (Wildman–Crippen MR) is 102 cm³/mol. The third-order valence-corrected chi connectivity index (χ3v) is 6.99. The third-order valence-electron chi connectivity index (χ3n) is 4.57. The monoisotopic (exact) mass is 475 g/mol. The molecule has 1 aliphatic rings. The Hall–Kier alpha value is -1.83. The van der Waals surface area contributed by atoms with E-state index >= 15 is 0 Å². The molecule has 0 fully saturated rings. The van der Waals surface area contributed by atoms with Gasteiger partial charge in [0.05, 0.1) is 0 Å².